The summed E-state index contributed by atoms with van der Waals surface area (Å²) in [6.07, 6.45) is 0.853. The average Bonchev–Trinajstić information content (AvgIpc) is 2.16. The van der Waals surface area contributed by atoms with E-state index in [-0.39, 0.29) is 0 Å². The summed E-state index contributed by atoms with van der Waals surface area (Å²) >= 11 is 1.47. The number of nitrogens with zero attached hydrogens (tertiary/aromatic N) is 1. The fourth-order valence-corrected chi connectivity index (χ4v) is 1.84. The van der Waals surface area contributed by atoms with Crippen LogP contribution in [0.1, 0.15) is 11.7 Å². The number of thioether (sulfide) groups is 1. The van der Waals surface area contributed by atoms with Crippen molar-refractivity contribution in [3.8, 4) is 0 Å². The molecule has 0 unspecified atom stereocenters. The summed E-state index contributed by atoms with van der Waals surface area (Å²) in [5.74, 6) is 0. The molecule has 1 aromatic rings. The largest absolute Gasteiger partial charge is 0.381 e. The average molecular weight is 213 g/mol. The van der Waals surface area contributed by atoms with Crippen molar-refractivity contribution in [3.05, 3.63) is 39.9 Å². The lowest BCUT2D eigenvalue weighted by atomic mass is 10.1. The quantitative estimate of drug-likeness (QED) is 0.470. The summed E-state index contributed by atoms with van der Waals surface area (Å²) in [7, 11) is 0. The van der Waals surface area contributed by atoms with Crippen LogP contribution in [0, 0.1) is 10.1 Å². The zero-order chi connectivity index (χ0) is 10.6. The fourth-order valence-electron chi connectivity index (χ4n) is 1.18. The van der Waals surface area contributed by atoms with Crippen LogP contribution in [0.5, 0.6) is 0 Å². The summed E-state index contributed by atoms with van der Waals surface area (Å²) in [6.45, 7) is -0.447. The molecule has 76 valence electrons. The molecule has 0 saturated heterocycles. The minimum Gasteiger partial charge on any atom is -0.381 e. The summed E-state index contributed by atoms with van der Waals surface area (Å²) in [4.78, 5) is 10.6. The van der Waals surface area contributed by atoms with Gasteiger partial charge in [0.15, 0.2) is 0 Å². The van der Waals surface area contributed by atoms with Crippen molar-refractivity contribution in [2.45, 2.75) is 11.0 Å². The smallest absolute Gasteiger partial charge is 0.233 e. The molecule has 0 heterocycles. The normalized spacial score (nSPS) is 12.4. The van der Waals surface area contributed by atoms with Crippen molar-refractivity contribution in [3.63, 3.8) is 0 Å². The predicted octanol–water partition coefficient (Wildman–Crippen LogP) is 1.72. The molecule has 0 aromatic heterocycles. The highest BCUT2D eigenvalue weighted by molar-refractivity contribution is 7.98. The van der Waals surface area contributed by atoms with E-state index in [1.54, 1.807) is 12.1 Å². The molecular formula is C9H11NO3S. The molecule has 0 aliphatic heterocycles. The van der Waals surface area contributed by atoms with E-state index in [4.69, 9.17) is 0 Å². The van der Waals surface area contributed by atoms with Gasteiger partial charge in [-0.3, -0.25) is 10.1 Å². The van der Waals surface area contributed by atoms with Gasteiger partial charge in [-0.1, -0.05) is 18.2 Å². The zero-order valence-electron chi connectivity index (χ0n) is 7.71. The van der Waals surface area contributed by atoms with Crippen LogP contribution in [0.4, 0.5) is 0 Å². The minimum absolute atomic E-state index is 0.447. The van der Waals surface area contributed by atoms with Crippen LogP contribution in [0.15, 0.2) is 29.2 Å². The Hall–Kier alpha value is -1.07. The van der Waals surface area contributed by atoms with Gasteiger partial charge in [0.05, 0.1) is 0 Å². The maximum absolute atomic E-state index is 10.2. The maximum Gasteiger partial charge on any atom is 0.233 e. The van der Waals surface area contributed by atoms with Crippen molar-refractivity contribution in [2.24, 2.45) is 0 Å². The van der Waals surface area contributed by atoms with Crippen LogP contribution < -0.4 is 0 Å². The van der Waals surface area contributed by atoms with Crippen molar-refractivity contribution in [2.75, 3.05) is 12.8 Å². The lowest BCUT2D eigenvalue weighted by Crippen LogP contribution is -2.12. The van der Waals surface area contributed by atoms with Crippen LogP contribution in [0.3, 0.4) is 0 Å². The SMILES string of the molecule is CSc1ccccc1[C@@H](O)C[N+](=O)[O-]. The van der Waals surface area contributed by atoms with Gasteiger partial charge in [0.2, 0.25) is 6.54 Å². The van der Waals surface area contributed by atoms with E-state index in [9.17, 15) is 15.2 Å². The van der Waals surface area contributed by atoms with E-state index in [0.29, 0.717) is 5.56 Å². The van der Waals surface area contributed by atoms with Crippen LogP contribution in [0.2, 0.25) is 0 Å². The molecule has 0 aliphatic carbocycles. The number of nitro groups is 1. The zero-order valence-corrected chi connectivity index (χ0v) is 8.53. The Balaban J connectivity index is 2.87. The second-order valence-corrected chi connectivity index (χ2v) is 3.62. The van der Waals surface area contributed by atoms with Gasteiger partial charge in [0, 0.05) is 15.4 Å². The van der Waals surface area contributed by atoms with E-state index in [2.05, 4.69) is 0 Å². The summed E-state index contributed by atoms with van der Waals surface area (Å²) in [5, 5.41) is 19.8. The standard InChI is InChI=1S/C9H11NO3S/c1-14-9-5-3-2-4-7(9)8(11)6-10(12)13/h2-5,8,11H,6H2,1H3/t8-/m0/s1. The number of benzene rings is 1. The van der Waals surface area contributed by atoms with Gasteiger partial charge >= 0.3 is 0 Å². The monoisotopic (exact) mass is 213 g/mol. The number of aliphatic hydroxyl groups is 1. The van der Waals surface area contributed by atoms with E-state index in [0.717, 1.165) is 4.90 Å². The summed E-state index contributed by atoms with van der Waals surface area (Å²) < 4.78 is 0. The molecule has 0 radical (unpaired) electrons. The van der Waals surface area contributed by atoms with Gasteiger partial charge < -0.3 is 5.11 Å². The molecule has 5 heteroatoms. The van der Waals surface area contributed by atoms with Crippen LogP contribution in [-0.4, -0.2) is 22.8 Å². The number of rotatable bonds is 4. The Labute approximate surface area is 86.1 Å². The van der Waals surface area contributed by atoms with Gasteiger partial charge in [0.25, 0.3) is 0 Å². The Kier molecular flexibility index (Phi) is 3.91. The summed E-state index contributed by atoms with van der Waals surface area (Å²) in [6, 6.07) is 7.15. The highest BCUT2D eigenvalue weighted by Gasteiger charge is 2.16. The third-order valence-corrected chi connectivity index (χ3v) is 2.63. The second-order valence-electron chi connectivity index (χ2n) is 2.77. The van der Waals surface area contributed by atoms with Crippen molar-refractivity contribution in [1.29, 1.82) is 0 Å². The Morgan fingerprint density at radius 3 is 2.79 bits per heavy atom. The van der Waals surface area contributed by atoms with Crippen LogP contribution in [0.25, 0.3) is 0 Å². The third kappa shape index (κ3) is 2.71. The van der Waals surface area contributed by atoms with Gasteiger partial charge in [0.1, 0.15) is 6.10 Å². The Bertz CT molecular complexity index is 330. The maximum atomic E-state index is 10.2. The first-order valence-electron chi connectivity index (χ1n) is 4.08. The number of hydrogen-bond acceptors (Lipinski definition) is 4. The molecule has 1 rings (SSSR count). The first-order valence-corrected chi connectivity index (χ1v) is 5.30. The van der Waals surface area contributed by atoms with Gasteiger partial charge in [-0.15, -0.1) is 11.8 Å². The number of hydrogen-bond donors (Lipinski definition) is 1. The van der Waals surface area contributed by atoms with Crippen molar-refractivity contribution >= 4 is 11.8 Å². The molecule has 1 N–H and O–H groups in total. The summed E-state index contributed by atoms with van der Waals surface area (Å²) in [5.41, 5.74) is 0.622. The minimum atomic E-state index is -1.02. The van der Waals surface area contributed by atoms with Gasteiger partial charge in [-0.2, -0.15) is 0 Å². The van der Waals surface area contributed by atoms with E-state index in [1.807, 2.05) is 18.4 Å². The fraction of sp³-hybridized carbons (Fsp3) is 0.333. The molecule has 14 heavy (non-hydrogen) atoms. The van der Waals surface area contributed by atoms with Crippen molar-refractivity contribution < 1.29 is 10.0 Å². The van der Waals surface area contributed by atoms with Crippen molar-refractivity contribution in [1.82, 2.24) is 0 Å². The molecule has 0 bridgehead atoms. The molecular weight excluding hydrogens is 202 g/mol. The van der Waals surface area contributed by atoms with E-state index >= 15 is 0 Å². The molecule has 0 amide bonds. The lowest BCUT2D eigenvalue weighted by Gasteiger charge is -2.10. The first-order chi connectivity index (χ1) is 6.65. The number of aliphatic hydroxyl groups excluding tert-OH is 1. The van der Waals surface area contributed by atoms with E-state index < -0.39 is 17.6 Å². The third-order valence-electron chi connectivity index (χ3n) is 1.82. The molecule has 0 aliphatic rings. The molecule has 0 spiro atoms. The molecule has 0 fully saturated rings. The lowest BCUT2D eigenvalue weighted by molar-refractivity contribution is -0.491. The van der Waals surface area contributed by atoms with E-state index in [1.165, 1.54) is 11.8 Å². The Morgan fingerprint density at radius 2 is 2.21 bits per heavy atom. The molecule has 0 saturated carbocycles. The molecule has 1 aromatic carbocycles. The molecule has 4 nitrogen and oxygen atoms in total. The highest BCUT2D eigenvalue weighted by Crippen LogP contribution is 2.25. The first kappa shape index (κ1) is 11.0. The Morgan fingerprint density at radius 1 is 1.57 bits per heavy atom. The topological polar surface area (TPSA) is 63.4 Å². The van der Waals surface area contributed by atoms with Crippen LogP contribution in [-0.2, 0) is 0 Å². The van der Waals surface area contributed by atoms with Gasteiger partial charge in [-0.25, -0.2) is 0 Å². The molecule has 1 atom stereocenters. The van der Waals surface area contributed by atoms with Crippen LogP contribution >= 0.6 is 11.8 Å². The predicted molar refractivity (Wildman–Crippen MR) is 55.0 cm³/mol. The highest BCUT2D eigenvalue weighted by atomic mass is 32.2. The van der Waals surface area contributed by atoms with Gasteiger partial charge in [-0.05, 0) is 12.3 Å². The second kappa shape index (κ2) is 4.97.